The molecule has 1 aromatic rings. The van der Waals surface area contributed by atoms with Gasteiger partial charge in [-0.2, -0.15) is 4.31 Å². The summed E-state index contributed by atoms with van der Waals surface area (Å²) in [4.78, 5) is 23.2. The Kier molecular flexibility index (Phi) is 8.47. The maximum absolute atomic E-state index is 12.4. The van der Waals surface area contributed by atoms with E-state index in [2.05, 4.69) is 5.32 Å². The van der Waals surface area contributed by atoms with Gasteiger partial charge in [0.05, 0.1) is 4.90 Å². The third-order valence-corrected chi connectivity index (χ3v) is 5.49. The molecule has 1 rings (SSSR count). The molecule has 0 aliphatic carbocycles. The average Bonchev–Trinajstić information content (AvgIpc) is 2.58. The van der Waals surface area contributed by atoms with Gasteiger partial charge in [0.25, 0.3) is 5.91 Å². The molecule has 26 heavy (non-hydrogen) atoms. The SMILES string of the molecule is CCN(CC)S(=O)(=O)c1ccc(/C=C/C(=O)OCC(=O)NC(C)C)cc1. The van der Waals surface area contributed by atoms with Gasteiger partial charge in [0.15, 0.2) is 6.61 Å². The van der Waals surface area contributed by atoms with Gasteiger partial charge in [0.1, 0.15) is 0 Å². The Morgan fingerprint density at radius 2 is 1.73 bits per heavy atom. The summed E-state index contributed by atoms with van der Waals surface area (Å²) in [6.07, 6.45) is 2.69. The summed E-state index contributed by atoms with van der Waals surface area (Å²) >= 11 is 0. The summed E-state index contributed by atoms with van der Waals surface area (Å²) in [6.45, 7) is 7.64. The van der Waals surface area contributed by atoms with Crippen molar-refractivity contribution >= 4 is 28.0 Å². The van der Waals surface area contributed by atoms with Crippen LogP contribution in [0.2, 0.25) is 0 Å². The van der Waals surface area contributed by atoms with E-state index in [1.165, 1.54) is 28.6 Å². The third kappa shape index (κ3) is 6.61. The molecule has 0 heterocycles. The Bertz CT molecular complexity index is 735. The minimum Gasteiger partial charge on any atom is -0.452 e. The number of rotatable bonds is 9. The first kappa shape index (κ1) is 21.9. The van der Waals surface area contributed by atoms with Crippen LogP contribution < -0.4 is 5.32 Å². The monoisotopic (exact) mass is 382 g/mol. The smallest absolute Gasteiger partial charge is 0.331 e. The number of carbonyl (C=O) groups excluding carboxylic acids is 2. The lowest BCUT2D eigenvalue weighted by atomic mass is 10.2. The molecule has 1 amide bonds. The molecule has 0 saturated heterocycles. The molecule has 0 spiro atoms. The van der Waals surface area contributed by atoms with E-state index in [4.69, 9.17) is 4.74 Å². The number of esters is 1. The van der Waals surface area contributed by atoms with E-state index in [0.29, 0.717) is 18.7 Å². The number of benzene rings is 1. The predicted molar refractivity (Wildman–Crippen MR) is 99.8 cm³/mol. The molecule has 8 heteroatoms. The highest BCUT2D eigenvalue weighted by Gasteiger charge is 2.20. The zero-order valence-corrected chi connectivity index (χ0v) is 16.4. The van der Waals surface area contributed by atoms with Crippen LogP contribution in [0.25, 0.3) is 6.08 Å². The molecule has 0 bridgehead atoms. The molecule has 0 aromatic heterocycles. The van der Waals surface area contributed by atoms with Gasteiger partial charge in [-0.25, -0.2) is 13.2 Å². The van der Waals surface area contributed by atoms with Crippen molar-refractivity contribution in [2.75, 3.05) is 19.7 Å². The van der Waals surface area contributed by atoms with Crippen LogP contribution in [0.1, 0.15) is 33.3 Å². The fourth-order valence-electron chi connectivity index (χ4n) is 2.18. The molecule has 7 nitrogen and oxygen atoms in total. The Balaban J connectivity index is 2.68. The van der Waals surface area contributed by atoms with Crippen molar-refractivity contribution < 1.29 is 22.7 Å². The van der Waals surface area contributed by atoms with E-state index in [9.17, 15) is 18.0 Å². The largest absolute Gasteiger partial charge is 0.452 e. The highest BCUT2D eigenvalue weighted by Crippen LogP contribution is 2.16. The maximum Gasteiger partial charge on any atom is 0.331 e. The second-order valence-electron chi connectivity index (χ2n) is 5.82. The lowest BCUT2D eigenvalue weighted by Crippen LogP contribution is -2.33. The van der Waals surface area contributed by atoms with Crippen LogP contribution in [0.3, 0.4) is 0 Å². The number of hydrogen-bond acceptors (Lipinski definition) is 5. The van der Waals surface area contributed by atoms with Crippen LogP contribution in [0.5, 0.6) is 0 Å². The van der Waals surface area contributed by atoms with E-state index in [-0.39, 0.29) is 23.5 Å². The molecule has 0 atom stereocenters. The second-order valence-corrected chi connectivity index (χ2v) is 7.76. The van der Waals surface area contributed by atoms with Crippen molar-refractivity contribution in [3.63, 3.8) is 0 Å². The van der Waals surface area contributed by atoms with Crippen LogP contribution in [-0.4, -0.2) is 50.3 Å². The lowest BCUT2D eigenvalue weighted by Gasteiger charge is -2.18. The minimum atomic E-state index is -3.50. The highest BCUT2D eigenvalue weighted by molar-refractivity contribution is 7.89. The zero-order valence-electron chi connectivity index (χ0n) is 15.6. The first-order valence-corrected chi connectivity index (χ1v) is 9.89. The van der Waals surface area contributed by atoms with Gasteiger partial charge in [-0.3, -0.25) is 4.79 Å². The highest BCUT2D eigenvalue weighted by atomic mass is 32.2. The van der Waals surface area contributed by atoms with Gasteiger partial charge >= 0.3 is 5.97 Å². The molecule has 0 radical (unpaired) electrons. The van der Waals surface area contributed by atoms with Crippen LogP contribution in [0.4, 0.5) is 0 Å². The number of ether oxygens (including phenoxy) is 1. The number of nitrogens with zero attached hydrogens (tertiary/aromatic N) is 1. The van der Waals surface area contributed by atoms with Crippen molar-refractivity contribution in [1.29, 1.82) is 0 Å². The quantitative estimate of drug-likeness (QED) is 0.519. The molecule has 0 aliphatic heterocycles. The number of sulfonamides is 1. The number of amides is 1. The topological polar surface area (TPSA) is 92.8 Å². The summed E-state index contributed by atoms with van der Waals surface area (Å²) in [7, 11) is -3.50. The van der Waals surface area contributed by atoms with Crippen molar-refractivity contribution in [1.82, 2.24) is 9.62 Å². The summed E-state index contributed by atoms with van der Waals surface area (Å²) in [5.74, 6) is -1.02. The second kappa shape index (κ2) is 10.1. The molecule has 0 aliphatic rings. The van der Waals surface area contributed by atoms with Gasteiger partial charge in [0.2, 0.25) is 10.0 Å². The number of carbonyl (C=O) groups is 2. The third-order valence-electron chi connectivity index (χ3n) is 3.43. The van der Waals surface area contributed by atoms with Gasteiger partial charge in [-0.05, 0) is 37.6 Å². The summed E-state index contributed by atoms with van der Waals surface area (Å²) in [6, 6.07) is 6.17. The van der Waals surface area contributed by atoms with E-state index >= 15 is 0 Å². The number of nitrogens with one attached hydrogen (secondary N) is 1. The van der Waals surface area contributed by atoms with Gasteiger partial charge < -0.3 is 10.1 Å². The van der Waals surface area contributed by atoms with Crippen LogP contribution in [-0.2, 0) is 24.3 Å². The summed E-state index contributed by atoms with van der Waals surface area (Å²) in [5, 5.41) is 2.61. The first-order valence-electron chi connectivity index (χ1n) is 8.45. The van der Waals surface area contributed by atoms with E-state index < -0.39 is 16.0 Å². The Labute approximate surface area is 155 Å². The van der Waals surface area contributed by atoms with Gasteiger partial charge in [-0.15, -0.1) is 0 Å². The fourth-order valence-corrected chi connectivity index (χ4v) is 3.63. The Morgan fingerprint density at radius 1 is 1.15 bits per heavy atom. The standard InChI is InChI=1S/C18H26N2O5S/c1-5-20(6-2)26(23,24)16-10-7-15(8-11-16)9-12-18(22)25-13-17(21)19-14(3)4/h7-12,14H,5-6,13H2,1-4H3,(H,19,21)/b12-9+. The molecular formula is C18H26N2O5S. The Morgan fingerprint density at radius 3 is 2.23 bits per heavy atom. The average molecular weight is 382 g/mol. The van der Waals surface area contributed by atoms with Crippen molar-refractivity contribution in [2.24, 2.45) is 0 Å². The van der Waals surface area contributed by atoms with Crippen LogP contribution in [0.15, 0.2) is 35.2 Å². The molecule has 1 N–H and O–H groups in total. The van der Waals surface area contributed by atoms with Gasteiger partial charge in [0, 0.05) is 25.2 Å². The summed E-state index contributed by atoms with van der Waals surface area (Å²) < 4.78 is 31.0. The normalized spacial score (nSPS) is 11.9. The summed E-state index contributed by atoms with van der Waals surface area (Å²) in [5.41, 5.74) is 0.645. The molecule has 0 fully saturated rings. The van der Waals surface area contributed by atoms with Crippen molar-refractivity contribution in [2.45, 2.75) is 38.6 Å². The fraction of sp³-hybridized carbons (Fsp3) is 0.444. The molecule has 0 saturated carbocycles. The maximum atomic E-state index is 12.4. The van der Waals surface area contributed by atoms with E-state index in [0.717, 1.165) is 0 Å². The van der Waals surface area contributed by atoms with E-state index in [1.54, 1.807) is 26.0 Å². The molecule has 144 valence electrons. The van der Waals surface area contributed by atoms with Gasteiger partial charge in [-0.1, -0.05) is 26.0 Å². The minimum absolute atomic E-state index is 0.0251. The molecule has 1 aromatic carbocycles. The molecule has 0 unspecified atom stereocenters. The first-order chi connectivity index (χ1) is 12.2. The van der Waals surface area contributed by atoms with E-state index in [1.807, 2.05) is 13.8 Å². The zero-order chi connectivity index (χ0) is 19.7. The van der Waals surface area contributed by atoms with Crippen LogP contribution in [0, 0.1) is 0 Å². The van der Waals surface area contributed by atoms with Crippen molar-refractivity contribution in [3.8, 4) is 0 Å². The van der Waals surface area contributed by atoms with Crippen LogP contribution >= 0.6 is 0 Å². The van der Waals surface area contributed by atoms with Crippen molar-refractivity contribution in [3.05, 3.63) is 35.9 Å². The number of hydrogen-bond donors (Lipinski definition) is 1. The Hall–Kier alpha value is -2.19. The molecular weight excluding hydrogens is 356 g/mol. The predicted octanol–water partition coefficient (Wildman–Crippen LogP) is 1.80. The lowest BCUT2D eigenvalue weighted by molar-refractivity contribution is -0.143.